The smallest absolute Gasteiger partial charge is 0.196 e. The van der Waals surface area contributed by atoms with E-state index in [1.54, 1.807) is 11.8 Å². The SMILES string of the molecule is Cc1ccc(-n2c(SCc3cccc(C)c3)nnc2C2CCCCC2)cc1. The zero-order valence-corrected chi connectivity index (χ0v) is 17.0. The first-order valence-electron chi connectivity index (χ1n) is 9.91. The first kappa shape index (κ1) is 18.3. The zero-order chi connectivity index (χ0) is 18.6. The van der Waals surface area contributed by atoms with Crippen LogP contribution in [-0.2, 0) is 5.75 Å². The molecule has 1 aliphatic carbocycles. The fourth-order valence-corrected chi connectivity index (χ4v) is 4.79. The number of benzene rings is 2. The van der Waals surface area contributed by atoms with Crippen LogP contribution in [0, 0.1) is 13.8 Å². The van der Waals surface area contributed by atoms with Crippen LogP contribution in [-0.4, -0.2) is 14.8 Å². The van der Waals surface area contributed by atoms with Crippen molar-refractivity contribution in [1.29, 1.82) is 0 Å². The van der Waals surface area contributed by atoms with E-state index in [4.69, 9.17) is 0 Å². The summed E-state index contributed by atoms with van der Waals surface area (Å²) in [6, 6.07) is 17.5. The molecule has 0 unspecified atom stereocenters. The molecule has 0 bridgehead atoms. The Balaban J connectivity index is 1.65. The van der Waals surface area contributed by atoms with Crippen molar-refractivity contribution < 1.29 is 0 Å². The summed E-state index contributed by atoms with van der Waals surface area (Å²) in [4.78, 5) is 0. The lowest BCUT2D eigenvalue weighted by atomic mass is 9.88. The van der Waals surface area contributed by atoms with Crippen molar-refractivity contribution in [3.8, 4) is 5.69 Å². The molecule has 140 valence electrons. The van der Waals surface area contributed by atoms with Crippen molar-refractivity contribution in [3.63, 3.8) is 0 Å². The van der Waals surface area contributed by atoms with Crippen molar-refractivity contribution in [3.05, 3.63) is 71.0 Å². The van der Waals surface area contributed by atoms with Crippen LogP contribution in [0.3, 0.4) is 0 Å². The average Bonchev–Trinajstić information content (AvgIpc) is 3.12. The van der Waals surface area contributed by atoms with Gasteiger partial charge in [0.25, 0.3) is 0 Å². The van der Waals surface area contributed by atoms with Crippen LogP contribution in [0.15, 0.2) is 53.7 Å². The molecule has 4 heteroatoms. The van der Waals surface area contributed by atoms with Gasteiger partial charge in [-0.2, -0.15) is 0 Å². The minimum atomic E-state index is 0.529. The molecule has 1 saturated carbocycles. The number of aromatic nitrogens is 3. The van der Waals surface area contributed by atoms with Crippen LogP contribution in [0.25, 0.3) is 5.69 Å². The van der Waals surface area contributed by atoms with Crippen LogP contribution in [0.1, 0.15) is 60.5 Å². The Kier molecular flexibility index (Phi) is 5.63. The third-order valence-electron chi connectivity index (χ3n) is 5.37. The molecule has 0 radical (unpaired) electrons. The summed E-state index contributed by atoms with van der Waals surface area (Å²) in [7, 11) is 0. The van der Waals surface area contributed by atoms with Gasteiger partial charge in [0.2, 0.25) is 0 Å². The Hall–Kier alpha value is -2.07. The maximum Gasteiger partial charge on any atom is 0.196 e. The quantitative estimate of drug-likeness (QED) is 0.494. The molecular weight excluding hydrogens is 350 g/mol. The van der Waals surface area contributed by atoms with E-state index in [0.29, 0.717) is 5.92 Å². The van der Waals surface area contributed by atoms with Gasteiger partial charge in [-0.3, -0.25) is 4.57 Å². The van der Waals surface area contributed by atoms with Gasteiger partial charge in [-0.05, 0) is 44.4 Å². The molecule has 0 N–H and O–H groups in total. The predicted octanol–water partition coefficient (Wildman–Crippen LogP) is 6.22. The highest BCUT2D eigenvalue weighted by Crippen LogP contribution is 2.35. The Morgan fingerprint density at radius 2 is 1.70 bits per heavy atom. The zero-order valence-electron chi connectivity index (χ0n) is 16.2. The molecule has 0 aliphatic heterocycles. The molecule has 2 aromatic carbocycles. The summed E-state index contributed by atoms with van der Waals surface area (Å²) >= 11 is 1.78. The molecule has 0 atom stereocenters. The number of thioether (sulfide) groups is 1. The normalized spacial score (nSPS) is 15.2. The van der Waals surface area contributed by atoms with Crippen LogP contribution in [0.5, 0.6) is 0 Å². The number of hydrogen-bond donors (Lipinski definition) is 0. The van der Waals surface area contributed by atoms with Gasteiger partial charge in [0.05, 0.1) is 0 Å². The van der Waals surface area contributed by atoms with Gasteiger partial charge in [0, 0.05) is 17.4 Å². The van der Waals surface area contributed by atoms with Gasteiger partial charge in [-0.1, -0.05) is 78.5 Å². The standard InChI is InChI=1S/C23H27N3S/c1-17-11-13-21(14-12-17)26-22(20-9-4-3-5-10-20)24-25-23(26)27-16-19-8-6-7-18(2)15-19/h6-8,11-15,20H,3-5,9-10,16H2,1-2H3. The lowest BCUT2D eigenvalue weighted by Gasteiger charge is -2.22. The predicted molar refractivity (Wildman–Crippen MR) is 113 cm³/mol. The van der Waals surface area contributed by atoms with Crippen molar-refractivity contribution in [2.75, 3.05) is 0 Å². The molecule has 1 heterocycles. The number of rotatable bonds is 5. The van der Waals surface area contributed by atoms with Crippen molar-refractivity contribution in [2.24, 2.45) is 0 Å². The molecule has 1 fully saturated rings. The van der Waals surface area contributed by atoms with Crippen molar-refractivity contribution in [1.82, 2.24) is 14.8 Å². The van der Waals surface area contributed by atoms with E-state index in [1.165, 1.54) is 54.5 Å². The second-order valence-corrected chi connectivity index (χ2v) is 8.57. The number of hydrogen-bond acceptors (Lipinski definition) is 3. The lowest BCUT2D eigenvalue weighted by Crippen LogP contribution is -2.12. The van der Waals surface area contributed by atoms with E-state index in [0.717, 1.165) is 16.7 Å². The third-order valence-corrected chi connectivity index (χ3v) is 6.37. The van der Waals surface area contributed by atoms with E-state index in [-0.39, 0.29) is 0 Å². The van der Waals surface area contributed by atoms with E-state index in [1.807, 2.05) is 0 Å². The van der Waals surface area contributed by atoms with Gasteiger partial charge in [-0.15, -0.1) is 10.2 Å². The maximum absolute atomic E-state index is 4.66. The minimum absolute atomic E-state index is 0.529. The maximum atomic E-state index is 4.66. The molecule has 4 rings (SSSR count). The summed E-state index contributed by atoms with van der Waals surface area (Å²) in [5.41, 5.74) is 5.09. The minimum Gasteiger partial charge on any atom is -0.274 e. The van der Waals surface area contributed by atoms with Crippen LogP contribution < -0.4 is 0 Å². The van der Waals surface area contributed by atoms with Gasteiger partial charge >= 0.3 is 0 Å². The second kappa shape index (κ2) is 8.30. The fourth-order valence-electron chi connectivity index (χ4n) is 3.89. The summed E-state index contributed by atoms with van der Waals surface area (Å²) in [6.45, 7) is 4.27. The first-order chi connectivity index (χ1) is 13.2. The van der Waals surface area contributed by atoms with E-state index in [2.05, 4.69) is 77.1 Å². The molecule has 0 saturated heterocycles. The fraction of sp³-hybridized carbons (Fsp3) is 0.391. The van der Waals surface area contributed by atoms with Gasteiger partial charge in [0.1, 0.15) is 5.82 Å². The molecule has 3 aromatic rings. The largest absolute Gasteiger partial charge is 0.274 e. The number of nitrogens with zero attached hydrogens (tertiary/aromatic N) is 3. The topological polar surface area (TPSA) is 30.7 Å². The van der Waals surface area contributed by atoms with Crippen LogP contribution in [0.2, 0.25) is 0 Å². The van der Waals surface area contributed by atoms with Crippen molar-refractivity contribution >= 4 is 11.8 Å². The summed E-state index contributed by atoms with van der Waals surface area (Å²) in [6.07, 6.45) is 6.41. The Morgan fingerprint density at radius 1 is 0.926 bits per heavy atom. The Bertz CT molecular complexity index is 892. The van der Waals surface area contributed by atoms with Gasteiger partial charge in [0.15, 0.2) is 5.16 Å². The summed E-state index contributed by atoms with van der Waals surface area (Å²) in [5, 5.41) is 10.3. The third kappa shape index (κ3) is 4.27. The molecular formula is C23H27N3S. The summed E-state index contributed by atoms with van der Waals surface area (Å²) in [5.74, 6) is 2.59. The summed E-state index contributed by atoms with van der Waals surface area (Å²) < 4.78 is 2.30. The Labute approximate surface area is 166 Å². The van der Waals surface area contributed by atoms with E-state index < -0.39 is 0 Å². The average molecular weight is 378 g/mol. The van der Waals surface area contributed by atoms with E-state index >= 15 is 0 Å². The molecule has 27 heavy (non-hydrogen) atoms. The van der Waals surface area contributed by atoms with Gasteiger partial charge < -0.3 is 0 Å². The Morgan fingerprint density at radius 3 is 2.44 bits per heavy atom. The molecule has 1 aromatic heterocycles. The lowest BCUT2D eigenvalue weighted by molar-refractivity contribution is 0.423. The number of aryl methyl sites for hydroxylation is 2. The molecule has 0 spiro atoms. The van der Waals surface area contributed by atoms with Crippen LogP contribution >= 0.6 is 11.8 Å². The molecule has 3 nitrogen and oxygen atoms in total. The molecule has 0 amide bonds. The molecule has 1 aliphatic rings. The second-order valence-electron chi connectivity index (χ2n) is 7.62. The monoisotopic (exact) mass is 377 g/mol. The van der Waals surface area contributed by atoms with E-state index in [9.17, 15) is 0 Å². The highest BCUT2D eigenvalue weighted by Gasteiger charge is 2.24. The highest BCUT2D eigenvalue weighted by molar-refractivity contribution is 7.98. The first-order valence-corrected chi connectivity index (χ1v) is 10.9. The van der Waals surface area contributed by atoms with Crippen LogP contribution in [0.4, 0.5) is 0 Å². The highest BCUT2D eigenvalue weighted by atomic mass is 32.2. The van der Waals surface area contributed by atoms with Gasteiger partial charge in [-0.25, -0.2) is 0 Å². The van der Waals surface area contributed by atoms with Crippen molar-refractivity contribution in [2.45, 2.75) is 62.8 Å².